The molecule has 0 aliphatic rings. The maximum atomic E-state index is 12.0. The van der Waals surface area contributed by atoms with E-state index in [0.717, 1.165) is 5.75 Å². The van der Waals surface area contributed by atoms with Crippen molar-refractivity contribution in [3.05, 3.63) is 18.1 Å². The van der Waals surface area contributed by atoms with E-state index in [0.29, 0.717) is 11.5 Å². The van der Waals surface area contributed by atoms with E-state index < -0.39 is 0 Å². The number of amides is 1. The third kappa shape index (κ3) is 3.57. The molecular weight excluding hydrogens is 238 g/mol. The number of aromatic nitrogens is 2. The predicted octanol–water partition coefficient (Wildman–Crippen LogP) is 0.586. The largest absolute Gasteiger partial charge is 0.337 e. The monoisotopic (exact) mass is 255 g/mol. The second kappa shape index (κ2) is 6.41. The molecule has 0 saturated carbocycles. The molecule has 1 atom stereocenters. The lowest BCUT2D eigenvalue weighted by atomic mass is 10.3. The van der Waals surface area contributed by atoms with Crippen molar-refractivity contribution in [3.8, 4) is 0 Å². The number of nitrogens with one attached hydrogen (secondary N) is 1. The highest BCUT2D eigenvalue weighted by Crippen LogP contribution is 2.08. The van der Waals surface area contributed by atoms with Gasteiger partial charge < -0.3 is 10.3 Å². The van der Waals surface area contributed by atoms with Gasteiger partial charge >= 0.3 is 0 Å². The number of nitrogens with two attached hydrogens (primary N) is 1. The number of hydrazine groups is 1. The zero-order chi connectivity index (χ0) is 12.8. The predicted molar refractivity (Wildman–Crippen MR) is 69.8 cm³/mol. The van der Waals surface area contributed by atoms with Crippen LogP contribution in [0.1, 0.15) is 17.4 Å². The number of anilines is 1. The van der Waals surface area contributed by atoms with Gasteiger partial charge in [0.15, 0.2) is 5.82 Å². The van der Waals surface area contributed by atoms with E-state index in [1.54, 1.807) is 23.7 Å². The molecule has 1 heterocycles. The summed E-state index contributed by atoms with van der Waals surface area (Å²) in [5.41, 5.74) is 2.68. The molecule has 0 aliphatic heterocycles. The van der Waals surface area contributed by atoms with Gasteiger partial charge in [0.1, 0.15) is 5.69 Å². The van der Waals surface area contributed by atoms with Crippen molar-refractivity contribution < 1.29 is 4.79 Å². The topological polar surface area (TPSA) is 84.1 Å². The maximum Gasteiger partial charge on any atom is 0.274 e. The molecule has 1 aromatic heterocycles. The molecule has 7 heteroatoms. The van der Waals surface area contributed by atoms with Crippen LogP contribution in [0.25, 0.3) is 0 Å². The lowest BCUT2D eigenvalue weighted by Gasteiger charge is -2.23. The van der Waals surface area contributed by atoms with E-state index in [2.05, 4.69) is 15.4 Å². The number of nitrogen functional groups attached to an aromatic ring is 1. The first kappa shape index (κ1) is 13.7. The Bertz CT molecular complexity index is 369. The van der Waals surface area contributed by atoms with Crippen molar-refractivity contribution in [2.75, 3.05) is 24.5 Å². The summed E-state index contributed by atoms with van der Waals surface area (Å²) < 4.78 is 0. The van der Waals surface area contributed by atoms with Crippen LogP contribution in [-0.4, -0.2) is 45.9 Å². The summed E-state index contributed by atoms with van der Waals surface area (Å²) in [6.07, 6.45) is 4.86. The van der Waals surface area contributed by atoms with Gasteiger partial charge in [0, 0.05) is 18.8 Å². The third-order valence-electron chi connectivity index (χ3n) is 2.41. The summed E-state index contributed by atoms with van der Waals surface area (Å²) in [6, 6.07) is 0.159. The molecule has 1 amide bonds. The lowest BCUT2D eigenvalue weighted by molar-refractivity contribution is 0.0751. The van der Waals surface area contributed by atoms with Crippen LogP contribution in [0.3, 0.4) is 0 Å². The number of carbonyl (C=O) groups excluding carboxylic acids is 1. The molecule has 0 radical (unpaired) electrons. The van der Waals surface area contributed by atoms with Crippen molar-refractivity contribution >= 4 is 23.5 Å². The van der Waals surface area contributed by atoms with Gasteiger partial charge in [0.25, 0.3) is 5.91 Å². The number of carbonyl (C=O) groups is 1. The van der Waals surface area contributed by atoms with E-state index in [1.807, 2.05) is 13.2 Å². The van der Waals surface area contributed by atoms with Gasteiger partial charge in [-0.05, 0) is 13.2 Å². The highest BCUT2D eigenvalue weighted by atomic mass is 32.2. The maximum absolute atomic E-state index is 12.0. The molecule has 1 unspecified atom stereocenters. The summed E-state index contributed by atoms with van der Waals surface area (Å²) in [7, 11) is 1.76. The second-order valence-electron chi connectivity index (χ2n) is 3.65. The van der Waals surface area contributed by atoms with Gasteiger partial charge in [-0.15, -0.1) is 0 Å². The number of hydrogen-bond donors (Lipinski definition) is 2. The second-order valence-corrected chi connectivity index (χ2v) is 4.56. The highest BCUT2D eigenvalue weighted by molar-refractivity contribution is 7.98. The van der Waals surface area contributed by atoms with Crippen LogP contribution in [-0.2, 0) is 0 Å². The Morgan fingerprint density at radius 2 is 2.29 bits per heavy atom. The van der Waals surface area contributed by atoms with Crippen LogP contribution in [0.2, 0.25) is 0 Å². The molecule has 17 heavy (non-hydrogen) atoms. The number of thioether (sulfide) groups is 1. The molecule has 1 rings (SSSR count). The fraction of sp³-hybridized carbons (Fsp3) is 0.500. The van der Waals surface area contributed by atoms with Crippen molar-refractivity contribution in [1.29, 1.82) is 0 Å². The first-order valence-corrected chi connectivity index (χ1v) is 6.54. The van der Waals surface area contributed by atoms with Gasteiger partial charge in [-0.3, -0.25) is 4.79 Å². The molecule has 0 saturated heterocycles. The van der Waals surface area contributed by atoms with E-state index in [1.165, 1.54) is 12.4 Å². The molecule has 94 valence electrons. The molecule has 0 aromatic carbocycles. The van der Waals surface area contributed by atoms with Gasteiger partial charge in [-0.25, -0.2) is 15.8 Å². The van der Waals surface area contributed by atoms with E-state index in [4.69, 9.17) is 5.84 Å². The van der Waals surface area contributed by atoms with Gasteiger partial charge in [0.2, 0.25) is 0 Å². The fourth-order valence-corrected chi connectivity index (χ4v) is 1.95. The Morgan fingerprint density at radius 1 is 1.59 bits per heavy atom. The molecular formula is C10H17N5OS. The molecule has 0 bridgehead atoms. The quantitative estimate of drug-likeness (QED) is 0.591. The standard InChI is InChI=1S/C10H17N5OS/c1-7(6-17-3)15(2)10(16)8-4-13-9(14-11)5-12-8/h4-5,7H,6,11H2,1-3H3,(H,13,14). The SMILES string of the molecule is CSCC(C)N(C)C(=O)c1cnc(NN)cn1. The van der Waals surface area contributed by atoms with Crippen LogP contribution in [0.15, 0.2) is 12.4 Å². The zero-order valence-corrected chi connectivity index (χ0v) is 11.0. The Morgan fingerprint density at radius 3 is 2.76 bits per heavy atom. The minimum atomic E-state index is -0.136. The van der Waals surface area contributed by atoms with Crippen LogP contribution < -0.4 is 11.3 Å². The van der Waals surface area contributed by atoms with E-state index >= 15 is 0 Å². The molecule has 0 spiro atoms. The number of nitrogens with zero attached hydrogens (tertiary/aromatic N) is 3. The van der Waals surface area contributed by atoms with Crippen molar-refractivity contribution in [2.45, 2.75) is 13.0 Å². The average molecular weight is 255 g/mol. The molecule has 6 nitrogen and oxygen atoms in total. The van der Waals surface area contributed by atoms with E-state index in [-0.39, 0.29) is 11.9 Å². The smallest absolute Gasteiger partial charge is 0.274 e. The van der Waals surface area contributed by atoms with Crippen LogP contribution >= 0.6 is 11.8 Å². The Kier molecular flexibility index (Phi) is 5.17. The van der Waals surface area contributed by atoms with Crippen LogP contribution in [0, 0.1) is 0 Å². The Labute approximate surface area is 105 Å². The summed E-state index contributed by atoms with van der Waals surface area (Å²) >= 11 is 1.70. The minimum Gasteiger partial charge on any atom is -0.337 e. The normalized spacial score (nSPS) is 12.0. The molecule has 0 fully saturated rings. The minimum absolute atomic E-state index is 0.136. The zero-order valence-electron chi connectivity index (χ0n) is 10.2. The average Bonchev–Trinajstić information content (AvgIpc) is 2.37. The van der Waals surface area contributed by atoms with Gasteiger partial charge in [-0.2, -0.15) is 11.8 Å². The number of rotatable bonds is 5. The lowest BCUT2D eigenvalue weighted by Crippen LogP contribution is -2.37. The van der Waals surface area contributed by atoms with Gasteiger partial charge in [0.05, 0.1) is 12.4 Å². The third-order valence-corrected chi connectivity index (χ3v) is 3.22. The Hall–Kier alpha value is -1.34. The van der Waals surface area contributed by atoms with Gasteiger partial charge in [-0.1, -0.05) is 0 Å². The van der Waals surface area contributed by atoms with Crippen LogP contribution in [0.5, 0.6) is 0 Å². The van der Waals surface area contributed by atoms with E-state index in [9.17, 15) is 4.79 Å². The van der Waals surface area contributed by atoms with Crippen molar-refractivity contribution in [1.82, 2.24) is 14.9 Å². The van der Waals surface area contributed by atoms with Crippen LogP contribution in [0.4, 0.5) is 5.82 Å². The Balaban J connectivity index is 2.74. The first-order valence-electron chi connectivity index (χ1n) is 5.15. The summed E-state index contributed by atoms with van der Waals surface area (Å²) in [6.45, 7) is 2.00. The first-order chi connectivity index (χ1) is 8.10. The number of hydrogen-bond acceptors (Lipinski definition) is 6. The summed E-state index contributed by atoms with van der Waals surface area (Å²) in [4.78, 5) is 21.7. The molecule has 1 aromatic rings. The van der Waals surface area contributed by atoms with Crippen molar-refractivity contribution in [2.24, 2.45) is 5.84 Å². The molecule has 0 aliphatic carbocycles. The molecule has 3 N–H and O–H groups in total. The summed E-state index contributed by atoms with van der Waals surface area (Å²) in [5, 5.41) is 0. The highest BCUT2D eigenvalue weighted by Gasteiger charge is 2.18. The fourth-order valence-electron chi connectivity index (χ4n) is 1.25. The van der Waals surface area contributed by atoms with Crippen molar-refractivity contribution in [3.63, 3.8) is 0 Å². The summed E-state index contributed by atoms with van der Waals surface area (Å²) in [5.74, 6) is 6.36.